The Morgan fingerprint density at radius 3 is 2.38 bits per heavy atom. The first-order chi connectivity index (χ1) is 11.2. The van der Waals surface area contributed by atoms with Gasteiger partial charge in [-0.15, -0.1) is 0 Å². The Balaban J connectivity index is 2.03. The molecule has 2 heterocycles. The number of carbonyl (C=O) groups excluding carboxylic acids is 1. The first kappa shape index (κ1) is 15.9. The maximum atomic E-state index is 12.7. The van der Waals surface area contributed by atoms with Crippen LogP contribution < -0.4 is 5.73 Å². The van der Waals surface area contributed by atoms with Crippen molar-refractivity contribution in [2.75, 3.05) is 5.73 Å². The number of amidine groups is 1. The summed E-state index contributed by atoms with van der Waals surface area (Å²) in [7, 11) is -2.60. The minimum atomic E-state index is -4.23. The van der Waals surface area contributed by atoms with Gasteiger partial charge in [0.2, 0.25) is 0 Å². The van der Waals surface area contributed by atoms with Crippen LogP contribution in [0.5, 0.6) is 0 Å². The van der Waals surface area contributed by atoms with Crippen molar-refractivity contribution in [3.63, 3.8) is 0 Å². The number of urea groups is 1. The van der Waals surface area contributed by atoms with Gasteiger partial charge in [-0.1, -0.05) is 17.7 Å². The molecule has 1 aliphatic heterocycles. The first-order valence-corrected chi connectivity index (χ1v) is 8.28. The number of nitrogens with two attached hydrogens (primary N) is 1. The predicted octanol–water partition coefficient (Wildman–Crippen LogP) is 0.902. The highest BCUT2D eigenvalue weighted by Gasteiger charge is 2.41. The van der Waals surface area contributed by atoms with Gasteiger partial charge in [0.25, 0.3) is 10.0 Å². The van der Waals surface area contributed by atoms with Gasteiger partial charge in [-0.25, -0.2) is 18.2 Å². The van der Waals surface area contributed by atoms with Crippen LogP contribution in [0, 0.1) is 12.3 Å². The Morgan fingerprint density at radius 2 is 1.83 bits per heavy atom. The molecule has 0 saturated heterocycles. The lowest BCUT2D eigenvalue weighted by Gasteiger charge is -2.15. The number of benzene rings is 1. The number of aryl methyl sites for hydroxylation is 2. The third kappa shape index (κ3) is 2.27. The van der Waals surface area contributed by atoms with E-state index in [0.29, 0.717) is 4.31 Å². The van der Waals surface area contributed by atoms with Crippen LogP contribution in [-0.4, -0.2) is 39.9 Å². The largest absolute Gasteiger partial charge is 0.383 e. The predicted molar refractivity (Wildman–Crippen MR) is 87.5 cm³/mol. The number of anilines is 1. The fourth-order valence-electron chi connectivity index (χ4n) is 2.21. The third-order valence-electron chi connectivity index (χ3n) is 3.57. The van der Waals surface area contributed by atoms with Gasteiger partial charge in [0, 0.05) is 7.05 Å². The van der Waals surface area contributed by atoms with Gasteiger partial charge in [-0.05, 0) is 19.1 Å². The molecule has 24 heavy (non-hydrogen) atoms. The summed E-state index contributed by atoms with van der Waals surface area (Å²) in [5.74, 6) is -0.396. The number of nitrogens with zero attached hydrogens (tertiary/aromatic N) is 4. The molecule has 0 atom stereocenters. The van der Waals surface area contributed by atoms with Crippen LogP contribution in [0.1, 0.15) is 11.3 Å². The van der Waals surface area contributed by atoms with E-state index >= 15 is 0 Å². The molecular weight excluding hydrogens is 332 g/mol. The van der Waals surface area contributed by atoms with Crippen LogP contribution in [0.2, 0.25) is 0 Å². The molecule has 3 rings (SSSR count). The maximum Gasteiger partial charge on any atom is 0.364 e. The van der Waals surface area contributed by atoms with E-state index in [1.54, 1.807) is 19.2 Å². The van der Waals surface area contributed by atoms with Crippen molar-refractivity contribution in [3.05, 3.63) is 41.9 Å². The highest BCUT2D eigenvalue weighted by Crippen LogP contribution is 2.24. The zero-order valence-electron chi connectivity index (χ0n) is 12.9. The minimum absolute atomic E-state index is 0.0949. The molecule has 10 heteroatoms. The van der Waals surface area contributed by atoms with Crippen molar-refractivity contribution in [2.24, 2.45) is 12.0 Å². The molecule has 3 N–H and O–H groups in total. The van der Waals surface area contributed by atoms with E-state index in [9.17, 15) is 13.2 Å². The summed E-state index contributed by atoms with van der Waals surface area (Å²) in [6, 6.07) is 4.89. The molecule has 2 aromatic rings. The van der Waals surface area contributed by atoms with Gasteiger partial charge >= 0.3 is 6.03 Å². The molecule has 9 nitrogen and oxygen atoms in total. The number of hydrogen-bond donors (Lipinski definition) is 2. The van der Waals surface area contributed by atoms with Crippen molar-refractivity contribution in [1.82, 2.24) is 13.9 Å². The van der Waals surface area contributed by atoms with Gasteiger partial charge in [-0.3, -0.25) is 5.41 Å². The van der Waals surface area contributed by atoms with E-state index in [-0.39, 0.29) is 22.1 Å². The highest BCUT2D eigenvalue weighted by atomic mass is 32.2. The Hall–Kier alpha value is -3.01. The van der Waals surface area contributed by atoms with Crippen LogP contribution in [0.4, 0.5) is 10.6 Å². The Kier molecular flexibility index (Phi) is 3.48. The average molecular weight is 346 g/mol. The Bertz CT molecular complexity index is 988. The topological polar surface area (TPSA) is 134 Å². The molecule has 0 radical (unpaired) electrons. The van der Waals surface area contributed by atoms with E-state index in [4.69, 9.17) is 11.1 Å². The second-order valence-corrected chi connectivity index (χ2v) is 7.05. The lowest BCUT2D eigenvalue weighted by molar-refractivity contribution is 0.244. The molecule has 0 aliphatic carbocycles. The number of nitrogens with one attached hydrogen (secondary N) is 1. The van der Waals surface area contributed by atoms with E-state index in [1.807, 2.05) is 6.92 Å². The van der Waals surface area contributed by atoms with Crippen molar-refractivity contribution < 1.29 is 13.2 Å². The fraction of sp³-hybridized carbons (Fsp3) is 0.143. The number of amides is 2. The van der Waals surface area contributed by atoms with E-state index in [1.165, 1.54) is 23.0 Å². The van der Waals surface area contributed by atoms with E-state index in [2.05, 4.69) is 9.98 Å². The van der Waals surface area contributed by atoms with Crippen LogP contribution in [0.25, 0.3) is 0 Å². The SMILES string of the molecule is Cc1ccc(S(=O)(=O)N2C(=N)C(c3ncn(C)c3N)=NC2=O)cc1. The number of rotatable bonds is 3. The van der Waals surface area contributed by atoms with Crippen LogP contribution >= 0.6 is 0 Å². The van der Waals surface area contributed by atoms with Gasteiger partial charge in [0.15, 0.2) is 5.84 Å². The standard InChI is InChI=1S/C14H14N6O3S/c1-8-3-5-9(6-4-8)24(22,23)20-13(16)11(18-14(20)21)10-12(15)19(2)7-17-10/h3-7,16H,15H2,1-2H3. The quantitative estimate of drug-likeness (QED) is 0.851. The number of hydrogen-bond acceptors (Lipinski definition) is 6. The zero-order valence-corrected chi connectivity index (χ0v) is 13.7. The van der Waals surface area contributed by atoms with Crippen LogP contribution in [0.15, 0.2) is 40.5 Å². The molecule has 0 bridgehead atoms. The smallest absolute Gasteiger partial charge is 0.364 e. The molecule has 0 saturated carbocycles. The monoisotopic (exact) mass is 346 g/mol. The number of carbonyl (C=O) groups is 1. The number of aromatic nitrogens is 2. The van der Waals surface area contributed by atoms with Gasteiger partial charge in [0.05, 0.1) is 11.2 Å². The maximum absolute atomic E-state index is 12.7. The number of aliphatic imine (C=N–C) groups is 1. The Morgan fingerprint density at radius 1 is 1.21 bits per heavy atom. The lowest BCUT2D eigenvalue weighted by Crippen LogP contribution is -2.38. The molecule has 1 aliphatic rings. The summed E-state index contributed by atoms with van der Waals surface area (Å²) < 4.78 is 27.2. The average Bonchev–Trinajstić information content (AvgIpc) is 3.00. The molecule has 0 fully saturated rings. The van der Waals surface area contributed by atoms with E-state index < -0.39 is 21.9 Å². The third-order valence-corrected chi connectivity index (χ3v) is 5.26. The fourth-order valence-corrected chi connectivity index (χ4v) is 3.48. The van der Waals surface area contributed by atoms with Crippen molar-refractivity contribution in [3.8, 4) is 0 Å². The molecular formula is C14H14N6O3S. The first-order valence-electron chi connectivity index (χ1n) is 6.84. The summed E-state index contributed by atoms with van der Waals surface area (Å²) >= 11 is 0. The van der Waals surface area contributed by atoms with Gasteiger partial charge < -0.3 is 10.3 Å². The summed E-state index contributed by atoms with van der Waals surface area (Å²) in [5, 5.41) is 8.07. The van der Waals surface area contributed by atoms with Crippen LogP contribution in [0.3, 0.4) is 0 Å². The normalized spacial score (nSPS) is 15.1. The molecule has 0 unspecified atom stereocenters. The summed E-state index contributed by atoms with van der Waals surface area (Å²) in [6.07, 6.45) is 1.39. The number of imidazole rings is 1. The van der Waals surface area contributed by atoms with Crippen molar-refractivity contribution in [2.45, 2.75) is 11.8 Å². The molecule has 0 spiro atoms. The summed E-state index contributed by atoms with van der Waals surface area (Å²) in [6.45, 7) is 1.81. The Labute approximate surface area is 138 Å². The van der Waals surface area contributed by atoms with Gasteiger partial charge in [0.1, 0.15) is 17.2 Å². The molecule has 1 aromatic carbocycles. The summed E-state index contributed by atoms with van der Waals surface area (Å²) in [4.78, 5) is 19.6. The molecule has 1 aromatic heterocycles. The van der Waals surface area contributed by atoms with E-state index in [0.717, 1.165) is 5.56 Å². The van der Waals surface area contributed by atoms with Crippen LogP contribution in [-0.2, 0) is 17.1 Å². The summed E-state index contributed by atoms with van der Waals surface area (Å²) in [5.41, 5.74) is 6.61. The number of sulfonamides is 1. The van der Waals surface area contributed by atoms with Crippen molar-refractivity contribution in [1.29, 1.82) is 5.41 Å². The molecule has 2 amide bonds. The number of nitrogen functional groups attached to an aromatic ring is 1. The minimum Gasteiger partial charge on any atom is -0.383 e. The van der Waals surface area contributed by atoms with Gasteiger partial charge in [-0.2, -0.15) is 9.30 Å². The van der Waals surface area contributed by atoms with Crippen molar-refractivity contribution >= 4 is 33.4 Å². The molecule has 124 valence electrons. The second kappa shape index (κ2) is 5.27. The highest BCUT2D eigenvalue weighted by molar-refractivity contribution is 7.90. The lowest BCUT2D eigenvalue weighted by atomic mass is 10.2. The zero-order chi connectivity index (χ0) is 17.6. The second-order valence-electron chi connectivity index (χ2n) is 5.26.